The molecular weight excluding hydrogens is 590 g/mol. The molecule has 0 radical (unpaired) electrons. The summed E-state index contributed by atoms with van der Waals surface area (Å²) in [4.78, 5) is 65.6. The van der Waals surface area contributed by atoms with Crippen LogP contribution in [0.15, 0.2) is 60.7 Å². The number of alkyl carbamates (subject to hydrolysis) is 1. The first-order valence-electron chi connectivity index (χ1n) is 14.3. The van der Waals surface area contributed by atoms with Crippen molar-refractivity contribution in [2.75, 3.05) is 6.54 Å². The Hall–Kier alpha value is -4.16. The molecule has 13 heteroatoms. The van der Waals surface area contributed by atoms with Crippen LogP contribution >= 0.6 is 11.6 Å². The molecule has 2 aromatic rings. The summed E-state index contributed by atoms with van der Waals surface area (Å²) < 4.78 is 5.18. The number of rotatable bonds is 12. The van der Waals surface area contributed by atoms with Gasteiger partial charge in [-0.1, -0.05) is 60.7 Å². The number of halogens is 1. The van der Waals surface area contributed by atoms with Crippen molar-refractivity contribution in [2.45, 2.75) is 81.8 Å². The van der Waals surface area contributed by atoms with Crippen LogP contribution in [0.5, 0.6) is 0 Å². The molecule has 0 aliphatic carbocycles. The molecule has 0 spiro atoms. The molecular formula is C31H40ClN5O7. The number of primary amides is 1. The quantitative estimate of drug-likeness (QED) is 0.220. The second-order valence-electron chi connectivity index (χ2n) is 11.8. The number of carbonyl (C=O) groups excluding carboxylic acids is 5. The Morgan fingerprint density at radius 3 is 2.16 bits per heavy atom. The van der Waals surface area contributed by atoms with E-state index in [9.17, 15) is 29.1 Å². The maximum absolute atomic E-state index is 13.7. The maximum atomic E-state index is 13.7. The van der Waals surface area contributed by atoms with Gasteiger partial charge in [0.05, 0.1) is 17.8 Å². The van der Waals surface area contributed by atoms with Crippen LogP contribution in [0.2, 0.25) is 0 Å². The fourth-order valence-electron chi connectivity index (χ4n) is 4.78. The number of nitrogens with two attached hydrogens (primary N) is 1. The zero-order chi connectivity index (χ0) is 32.4. The second-order valence-corrected chi connectivity index (χ2v) is 12.4. The van der Waals surface area contributed by atoms with Gasteiger partial charge in [-0.25, -0.2) is 4.79 Å². The van der Waals surface area contributed by atoms with Gasteiger partial charge in [-0.05, 0) is 44.7 Å². The molecule has 1 saturated heterocycles. The SMILES string of the molecule is CC(C)(C)NC(=O)[C@@H]1C[C@@H](Cl)CN1C(=O)[C@@H](O)[C@H](Cc1ccccc1)NC(=O)[C@H](CC(N)=O)NC(=O)OCc1ccccc1. The van der Waals surface area contributed by atoms with Crippen LogP contribution < -0.4 is 21.7 Å². The van der Waals surface area contributed by atoms with E-state index in [1.54, 1.807) is 81.4 Å². The molecule has 0 saturated carbocycles. The summed E-state index contributed by atoms with van der Waals surface area (Å²) in [5, 5.41) is 18.6. The number of nitrogens with one attached hydrogen (secondary N) is 3. The summed E-state index contributed by atoms with van der Waals surface area (Å²) >= 11 is 6.34. The lowest BCUT2D eigenvalue weighted by molar-refractivity contribution is -0.147. The van der Waals surface area contributed by atoms with Gasteiger partial charge in [-0.3, -0.25) is 19.2 Å². The Labute approximate surface area is 261 Å². The van der Waals surface area contributed by atoms with Crippen LogP contribution in [0.1, 0.15) is 44.7 Å². The monoisotopic (exact) mass is 629 g/mol. The van der Waals surface area contributed by atoms with Crippen LogP contribution in [0.25, 0.3) is 0 Å². The van der Waals surface area contributed by atoms with Gasteiger partial charge >= 0.3 is 6.09 Å². The Bertz CT molecular complexity index is 1310. The van der Waals surface area contributed by atoms with Crippen molar-refractivity contribution in [1.29, 1.82) is 0 Å². The third-order valence-corrected chi connectivity index (χ3v) is 7.14. The summed E-state index contributed by atoms with van der Waals surface area (Å²) in [5.41, 5.74) is 6.17. The first-order chi connectivity index (χ1) is 20.7. The molecule has 5 amide bonds. The summed E-state index contributed by atoms with van der Waals surface area (Å²) in [7, 11) is 0. The van der Waals surface area contributed by atoms with Crippen molar-refractivity contribution in [3.05, 3.63) is 71.8 Å². The number of aliphatic hydroxyl groups excluding tert-OH is 1. The molecule has 3 rings (SSSR count). The molecule has 1 fully saturated rings. The number of amides is 5. The predicted molar refractivity (Wildman–Crippen MR) is 163 cm³/mol. The number of hydrogen-bond donors (Lipinski definition) is 5. The smallest absolute Gasteiger partial charge is 0.408 e. The van der Waals surface area contributed by atoms with Crippen molar-refractivity contribution in [3.8, 4) is 0 Å². The van der Waals surface area contributed by atoms with Crippen LogP contribution in [-0.4, -0.2) is 81.4 Å². The molecule has 0 unspecified atom stereocenters. The molecule has 44 heavy (non-hydrogen) atoms. The van der Waals surface area contributed by atoms with Crippen LogP contribution in [0, 0.1) is 0 Å². The summed E-state index contributed by atoms with van der Waals surface area (Å²) in [6.45, 7) is 5.35. The van der Waals surface area contributed by atoms with Crippen molar-refractivity contribution in [2.24, 2.45) is 5.73 Å². The van der Waals surface area contributed by atoms with Crippen LogP contribution in [0.3, 0.4) is 0 Å². The topological polar surface area (TPSA) is 180 Å². The molecule has 1 heterocycles. The number of benzene rings is 2. The third kappa shape index (κ3) is 10.5. The molecule has 0 bridgehead atoms. The lowest BCUT2D eigenvalue weighted by atomic mass is 9.99. The van der Waals surface area contributed by atoms with E-state index in [0.29, 0.717) is 11.1 Å². The van der Waals surface area contributed by atoms with Crippen molar-refractivity contribution in [3.63, 3.8) is 0 Å². The van der Waals surface area contributed by atoms with Gasteiger partial charge in [0, 0.05) is 12.1 Å². The van der Waals surface area contributed by atoms with Gasteiger partial charge in [0.25, 0.3) is 5.91 Å². The van der Waals surface area contributed by atoms with Crippen molar-refractivity contribution in [1.82, 2.24) is 20.9 Å². The van der Waals surface area contributed by atoms with E-state index >= 15 is 0 Å². The largest absolute Gasteiger partial charge is 0.445 e. The Kier molecular flexibility index (Phi) is 12.1. The Balaban J connectivity index is 1.79. The Morgan fingerprint density at radius 2 is 1.59 bits per heavy atom. The minimum Gasteiger partial charge on any atom is -0.445 e. The van der Waals surface area contributed by atoms with E-state index in [4.69, 9.17) is 22.1 Å². The number of carbonyl (C=O) groups is 5. The average Bonchev–Trinajstić information content (AvgIpc) is 3.36. The third-order valence-electron chi connectivity index (χ3n) is 6.82. The fourth-order valence-corrected chi connectivity index (χ4v) is 5.10. The average molecular weight is 630 g/mol. The minimum atomic E-state index is -1.80. The van der Waals surface area contributed by atoms with Gasteiger partial charge in [-0.15, -0.1) is 11.6 Å². The highest BCUT2D eigenvalue weighted by molar-refractivity contribution is 6.21. The highest BCUT2D eigenvalue weighted by Crippen LogP contribution is 2.25. The highest BCUT2D eigenvalue weighted by Gasteiger charge is 2.43. The zero-order valence-electron chi connectivity index (χ0n) is 25.0. The van der Waals surface area contributed by atoms with Gasteiger partial charge in [0.1, 0.15) is 18.7 Å². The van der Waals surface area contributed by atoms with Crippen molar-refractivity contribution < 1.29 is 33.8 Å². The fraction of sp³-hybridized carbons (Fsp3) is 0.452. The van der Waals surface area contributed by atoms with Crippen LogP contribution in [0.4, 0.5) is 4.79 Å². The number of aliphatic hydroxyl groups is 1. The normalized spacial score (nSPS) is 18.4. The number of ether oxygens (including phenoxy) is 1. The number of hydrogen-bond acceptors (Lipinski definition) is 7. The summed E-state index contributed by atoms with van der Waals surface area (Å²) in [6.07, 6.45) is -3.13. The summed E-state index contributed by atoms with van der Waals surface area (Å²) in [5.74, 6) is -2.95. The van der Waals surface area contributed by atoms with Crippen LogP contribution in [-0.2, 0) is 36.9 Å². The lowest BCUT2D eigenvalue weighted by Crippen LogP contribution is -2.59. The number of alkyl halides is 1. The molecule has 12 nitrogen and oxygen atoms in total. The zero-order valence-corrected chi connectivity index (χ0v) is 25.8. The van der Waals surface area contributed by atoms with E-state index in [0.717, 1.165) is 0 Å². The second kappa shape index (κ2) is 15.5. The van der Waals surface area contributed by atoms with Gasteiger partial charge < -0.3 is 36.4 Å². The minimum absolute atomic E-state index is 0.0121. The molecule has 5 atom stereocenters. The first-order valence-corrected chi connectivity index (χ1v) is 14.7. The standard InChI is InChI=1S/C31H40ClN5O7/c1-31(2,3)36-28(41)24-15-21(32)17-37(24)29(42)26(39)22(14-19-10-6-4-7-11-19)34-27(40)23(16-25(33)38)35-30(43)44-18-20-12-8-5-9-13-20/h4-13,21-24,26,39H,14-18H2,1-3H3,(H2,33,38)(H,34,40)(H,35,43)(H,36,41)/t21-,22+,23+,24+,26+/m1/s1. The molecule has 6 N–H and O–H groups in total. The Morgan fingerprint density at radius 1 is 1.00 bits per heavy atom. The van der Waals surface area contributed by atoms with E-state index < -0.39 is 71.3 Å². The van der Waals surface area contributed by atoms with Crippen molar-refractivity contribution >= 4 is 41.3 Å². The number of likely N-dealkylation sites (tertiary alicyclic amines) is 1. The predicted octanol–water partition coefficient (Wildman–Crippen LogP) is 1.37. The molecule has 2 aromatic carbocycles. The molecule has 1 aliphatic heterocycles. The molecule has 0 aromatic heterocycles. The van der Waals surface area contributed by atoms with Gasteiger partial charge in [0.15, 0.2) is 6.10 Å². The van der Waals surface area contributed by atoms with Gasteiger partial charge in [0.2, 0.25) is 17.7 Å². The number of nitrogens with zero attached hydrogens (tertiary/aromatic N) is 1. The molecule has 238 valence electrons. The highest BCUT2D eigenvalue weighted by atomic mass is 35.5. The van der Waals surface area contributed by atoms with E-state index in [-0.39, 0.29) is 26.0 Å². The maximum Gasteiger partial charge on any atom is 0.408 e. The van der Waals surface area contributed by atoms with E-state index in [1.165, 1.54) is 4.90 Å². The lowest BCUT2D eigenvalue weighted by Gasteiger charge is -2.32. The molecule has 1 aliphatic rings. The van der Waals surface area contributed by atoms with Gasteiger partial charge in [-0.2, -0.15) is 0 Å². The summed E-state index contributed by atoms with van der Waals surface area (Å²) in [6, 6.07) is 14.1. The van der Waals surface area contributed by atoms with E-state index in [1.807, 2.05) is 0 Å². The van der Waals surface area contributed by atoms with E-state index in [2.05, 4.69) is 16.0 Å². The first kappa shape index (κ1) is 34.3.